The monoisotopic (exact) mass is 277 g/mol. The van der Waals surface area contributed by atoms with Crippen molar-refractivity contribution in [1.82, 2.24) is 9.80 Å². The number of hydrogen-bond donors (Lipinski definition) is 1. The number of carbonyl (C=O) groups excluding carboxylic acids is 1. The van der Waals surface area contributed by atoms with Crippen LogP contribution in [0.4, 0.5) is 10.5 Å². The molecule has 1 N–H and O–H groups in total. The van der Waals surface area contributed by atoms with Crippen molar-refractivity contribution < 1.29 is 9.53 Å². The summed E-state index contributed by atoms with van der Waals surface area (Å²) in [6.45, 7) is 6.81. The van der Waals surface area contributed by atoms with Crippen molar-refractivity contribution in [1.29, 1.82) is 0 Å². The van der Waals surface area contributed by atoms with E-state index in [0.29, 0.717) is 0 Å². The van der Waals surface area contributed by atoms with E-state index in [1.807, 2.05) is 29.2 Å². The second kappa shape index (κ2) is 7.14. The Labute approximate surface area is 120 Å². The highest BCUT2D eigenvalue weighted by molar-refractivity contribution is 5.89. The second-order valence-corrected chi connectivity index (χ2v) is 4.99. The smallest absolute Gasteiger partial charge is 0.321 e. The van der Waals surface area contributed by atoms with E-state index in [-0.39, 0.29) is 6.03 Å². The van der Waals surface area contributed by atoms with Crippen molar-refractivity contribution in [3.05, 3.63) is 24.3 Å². The molecule has 0 aliphatic carbocycles. The van der Waals surface area contributed by atoms with Crippen LogP contribution in [0.15, 0.2) is 24.3 Å². The first kappa shape index (κ1) is 14.7. The molecule has 5 heteroatoms. The van der Waals surface area contributed by atoms with Crippen LogP contribution in [0, 0.1) is 0 Å². The molecule has 1 aliphatic rings. The molecule has 0 atom stereocenters. The zero-order chi connectivity index (χ0) is 14.4. The number of nitrogens with zero attached hydrogens (tertiary/aromatic N) is 2. The lowest BCUT2D eigenvalue weighted by atomic mass is 10.3. The largest absolute Gasteiger partial charge is 0.497 e. The van der Waals surface area contributed by atoms with Gasteiger partial charge in [0.25, 0.3) is 0 Å². The van der Waals surface area contributed by atoms with Crippen LogP contribution >= 0.6 is 0 Å². The molecule has 1 fully saturated rings. The Bertz CT molecular complexity index is 425. The molecule has 1 aliphatic heterocycles. The van der Waals surface area contributed by atoms with Gasteiger partial charge in [-0.2, -0.15) is 0 Å². The second-order valence-electron chi connectivity index (χ2n) is 4.99. The van der Waals surface area contributed by atoms with Crippen molar-refractivity contribution in [2.45, 2.75) is 13.3 Å². The molecule has 1 aromatic carbocycles. The van der Waals surface area contributed by atoms with Crippen molar-refractivity contribution >= 4 is 11.7 Å². The lowest BCUT2D eigenvalue weighted by Crippen LogP contribution is -2.50. The molecule has 110 valence electrons. The third-order valence-electron chi connectivity index (χ3n) is 3.54. The van der Waals surface area contributed by atoms with Gasteiger partial charge in [0.05, 0.1) is 7.11 Å². The average molecular weight is 277 g/mol. The van der Waals surface area contributed by atoms with E-state index >= 15 is 0 Å². The highest BCUT2D eigenvalue weighted by Crippen LogP contribution is 2.15. The van der Waals surface area contributed by atoms with Crippen LogP contribution in [0.5, 0.6) is 5.75 Å². The van der Waals surface area contributed by atoms with Crippen LogP contribution in [0.25, 0.3) is 0 Å². The number of benzene rings is 1. The van der Waals surface area contributed by atoms with Gasteiger partial charge >= 0.3 is 6.03 Å². The maximum Gasteiger partial charge on any atom is 0.321 e. The Morgan fingerprint density at radius 2 is 1.85 bits per heavy atom. The Hall–Kier alpha value is -1.75. The van der Waals surface area contributed by atoms with Gasteiger partial charge in [0.1, 0.15) is 5.75 Å². The van der Waals surface area contributed by atoms with E-state index in [9.17, 15) is 4.79 Å². The highest BCUT2D eigenvalue weighted by Gasteiger charge is 2.20. The van der Waals surface area contributed by atoms with E-state index in [4.69, 9.17) is 4.74 Å². The van der Waals surface area contributed by atoms with Crippen LogP contribution in [-0.4, -0.2) is 55.7 Å². The third-order valence-corrected chi connectivity index (χ3v) is 3.54. The standard InChI is InChI=1S/C15H23N3O2/c1-3-8-17-9-11-18(12-10-17)15(19)16-13-4-6-14(20-2)7-5-13/h4-7H,3,8-12H2,1-2H3,(H,16,19). The van der Waals surface area contributed by atoms with Gasteiger partial charge in [0.15, 0.2) is 0 Å². The van der Waals surface area contributed by atoms with Gasteiger partial charge in [-0.05, 0) is 37.2 Å². The van der Waals surface area contributed by atoms with E-state index in [1.165, 1.54) is 0 Å². The summed E-state index contributed by atoms with van der Waals surface area (Å²) in [5.41, 5.74) is 0.798. The Kier molecular flexibility index (Phi) is 5.24. The first-order valence-corrected chi connectivity index (χ1v) is 7.15. The molecule has 1 saturated heterocycles. The number of carbonyl (C=O) groups is 1. The minimum Gasteiger partial charge on any atom is -0.497 e. The molecule has 1 heterocycles. The molecule has 0 unspecified atom stereocenters. The number of methoxy groups -OCH3 is 1. The maximum absolute atomic E-state index is 12.2. The molecule has 0 radical (unpaired) electrons. The van der Waals surface area contributed by atoms with Gasteiger partial charge in [-0.15, -0.1) is 0 Å². The normalized spacial score (nSPS) is 16.0. The zero-order valence-corrected chi connectivity index (χ0v) is 12.3. The molecule has 2 amide bonds. The number of ether oxygens (including phenoxy) is 1. The molecule has 0 spiro atoms. The molecule has 0 bridgehead atoms. The van der Waals surface area contributed by atoms with Crippen molar-refractivity contribution in [2.75, 3.05) is 45.2 Å². The summed E-state index contributed by atoms with van der Waals surface area (Å²) >= 11 is 0. The fourth-order valence-electron chi connectivity index (χ4n) is 2.37. The molecule has 2 rings (SSSR count). The van der Waals surface area contributed by atoms with E-state index in [0.717, 1.165) is 50.6 Å². The summed E-state index contributed by atoms with van der Waals surface area (Å²) in [5, 5.41) is 2.92. The minimum atomic E-state index is -0.0219. The summed E-state index contributed by atoms with van der Waals surface area (Å²) in [6.07, 6.45) is 1.16. The average Bonchev–Trinajstić information content (AvgIpc) is 2.49. The predicted octanol–water partition coefficient (Wildman–Crippen LogP) is 2.25. The van der Waals surface area contributed by atoms with Gasteiger partial charge < -0.3 is 15.0 Å². The Morgan fingerprint density at radius 3 is 2.40 bits per heavy atom. The maximum atomic E-state index is 12.2. The fourth-order valence-corrected chi connectivity index (χ4v) is 2.37. The zero-order valence-electron chi connectivity index (χ0n) is 12.3. The van der Waals surface area contributed by atoms with E-state index in [2.05, 4.69) is 17.1 Å². The number of rotatable bonds is 4. The van der Waals surface area contributed by atoms with Crippen LogP contribution in [0.3, 0.4) is 0 Å². The number of urea groups is 1. The number of piperazine rings is 1. The highest BCUT2D eigenvalue weighted by atomic mass is 16.5. The van der Waals surface area contributed by atoms with Gasteiger partial charge in [-0.25, -0.2) is 4.79 Å². The first-order valence-electron chi connectivity index (χ1n) is 7.15. The molecular weight excluding hydrogens is 254 g/mol. The van der Waals surface area contributed by atoms with Crippen LogP contribution in [-0.2, 0) is 0 Å². The minimum absolute atomic E-state index is 0.0219. The van der Waals surface area contributed by atoms with Crippen LogP contribution in [0.1, 0.15) is 13.3 Å². The number of nitrogens with one attached hydrogen (secondary N) is 1. The molecular formula is C15H23N3O2. The van der Waals surface area contributed by atoms with Crippen molar-refractivity contribution in [2.24, 2.45) is 0 Å². The van der Waals surface area contributed by atoms with Gasteiger partial charge in [0, 0.05) is 31.9 Å². The first-order chi connectivity index (χ1) is 9.72. The molecule has 5 nitrogen and oxygen atoms in total. The van der Waals surface area contributed by atoms with Crippen LogP contribution in [0.2, 0.25) is 0 Å². The van der Waals surface area contributed by atoms with Crippen LogP contribution < -0.4 is 10.1 Å². The van der Waals surface area contributed by atoms with Crippen molar-refractivity contribution in [3.63, 3.8) is 0 Å². The lowest BCUT2D eigenvalue weighted by Gasteiger charge is -2.34. The summed E-state index contributed by atoms with van der Waals surface area (Å²) in [5.74, 6) is 0.788. The Balaban J connectivity index is 1.83. The number of hydrogen-bond acceptors (Lipinski definition) is 3. The third kappa shape index (κ3) is 3.87. The molecule has 0 aromatic heterocycles. The molecule has 0 saturated carbocycles. The number of amides is 2. The molecule has 20 heavy (non-hydrogen) atoms. The van der Waals surface area contributed by atoms with Gasteiger partial charge in [-0.3, -0.25) is 4.90 Å². The lowest BCUT2D eigenvalue weighted by molar-refractivity contribution is 0.147. The SMILES string of the molecule is CCCN1CCN(C(=O)Nc2ccc(OC)cc2)CC1. The fraction of sp³-hybridized carbons (Fsp3) is 0.533. The summed E-state index contributed by atoms with van der Waals surface area (Å²) < 4.78 is 5.10. The van der Waals surface area contributed by atoms with E-state index in [1.54, 1.807) is 7.11 Å². The number of anilines is 1. The van der Waals surface area contributed by atoms with E-state index < -0.39 is 0 Å². The predicted molar refractivity (Wildman–Crippen MR) is 80.3 cm³/mol. The van der Waals surface area contributed by atoms with Gasteiger partial charge in [0.2, 0.25) is 0 Å². The topological polar surface area (TPSA) is 44.8 Å². The van der Waals surface area contributed by atoms with Crippen molar-refractivity contribution in [3.8, 4) is 5.75 Å². The molecule has 1 aromatic rings. The summed E-state index contributed by atoms with van der Waals surface area (Å²) in [7, 11) is 1.63. The quantitative estimate of drug-likeness (QED) is 0.918. The van der Waals surface area contributed by atoms with Gasteiger partial charge in [-0.1, -0.05) is 6.92 Å². The summed E-state index contributed by atoms with van der Waals surface area (Å²) in [6, 6.07) is 7.36. The Morgan fingerprint density at radius 1 is 1.20 bits per heavy atom. The summed E-state index contributed by atoms with van der Waals surface area (Å²) in [4.78, 5) is 16.4.